The second-order valence-corrected chi connectivity index (χ2v) is 8.74. The predicted molar refractivity (Wildman–Crippen MR) is 131 cm³/mol. The fourth-order valence-electron chi connectivity index (χ4n) is 3.20. The summed E-state index contributed by atoms with van der Waals surface area (Å²) in [6.07, 6.45) is 2.90. The second kappa shape index (κ2) is 11.2. The molecule has 0 aliphatic heterocycles. The van der Waals surface area contributed by atoms with Crippen LogP contribution in [0.15, 0.2) is 53.1 Å². The van der Waals surface area contributed by atoms with Gasteiger partial charge in [-0.05, 0) is 48.7 Å². The minimum Gasteiger partial charge on any atom is -0.489 e. The standard InChI is InChI=1S/C25H24Cl2N2O5/c1-14(2)23(25(31)32)28-21(30)12-9-16-7-10-17(11-8-16)33-13-18-15(3)34-29-24(18)22-19(26)5-4-6-20(22)27/h4-12,14,23H,13H2,1-3H3,(H,28,30)(H,31,32)/b12-9+. The van der Waals surface area contributed by atoms with Crippen molar-refractivity contribution in [3.05, 3.63) is 75.5 Å². The number of carbonyl (C=O) groups is 2. The fourth-order valence-corrected chi connectivity index (χ4v) is 3.78. The van der Waals surface area contributed by atoms with Crippen molar-refractivity contribution < 1.29 is 24.0 Å². The third-order valence-corrected chi connectivity index (χ3v) is 5.74. The average Bonchev–Trinajstić information content (AvgIpc) is 3.14. The van der Waals surface area contributed by atoms with Crippen LogP contribution in [0, 0.1) is 12.8 Å². The first-order valence-electron chi connectivity index (χ1n) is 10.5. The van der Waals surface area contributed by atoms with Crippen molar-refractivity contribution in [2.75, 3.05) is 0 Å². The van der Waals surface area contributed by atoms with Gasteiger partial charge >= 0.3 is 5.97 Å². The van der Waals surface area contributed by atoms with E-state index < -0.39 is 17.9 Å². The molecule has 0 saturated carbocycles. The molecule has 7 nitrogen and oxygen atoms in total. The summed E-state index contributed by atoms with van der Waals surface area (Å²) in [5.74, 6) is -0.576. The quantitative estimate of drug-likeness (QED) is 0.360. The maximum atomic E-state index is 12.0. The SMILES string of the molecule is Cc1onc(-c2c(Cl)cccc2Cl)c1COc1ccc(/C=C/C(=O)NC(C(=O)O)C(C)C)cc1. The molecule has 2 N–H and O–H groups in total. The van der Waals surface area contributed by atoms with Crippen molar-refractivity contribution in [1.82, 2.24) is 10.5 Å². The molecule has 34 heavy (non-hydrogen) atoms. The van der Waals surface area contributed by atoms with E-state index in [1.54, 1.807) is 69.3 Å². The number of aromatic nitrogens is 1. The van der Waals surface area contributed by atoms with Crippen LogP contribution in [0.1, 0.15) is 30.7 Å². The number of hydrogen-bond acceptors (Lipinski definition) is 5. The molecule has 1 atom stereocenters. The molecule has 0 fully saturated rings. The summed E-state index contributed by atoms with van der Waals surface area (Å²) in [7, 11) is 0. The van der Waals surface area contributed by atoms with E-state index in [0.717, 1.165) is 11.1 Å². The molecule has 3 aromatic rings. The van der Waals surface area contributed by atoms with Gasteiger partial charge in [-0.15, -0.1) is 0 Å². The zero-order valence-electron chi connectivity index (χ0n) is 18.8. The number of aryl methyl sites for hydroxylation is 1. The number of hydrogen-bond donors (Lipinski definition) is 2. The first-order chi connectivity index (χ1) is 16.2. The maximum Gasteiger partial charge on any atom is 0.326 e. The Bertz CT molecular complexity index is 1180. The summed E-state index contributed by atoms with van der Waals surface area (Å²) >= 11 is 12.6. The average molecular weight is 503 g/mol. The van der Waals surface area contributed by atoms with E-state index in [0.29, 0.717) is 32.8 Å². The van der Waals surface area contributed by atoms with Crippen LogP contribution >= 0.6 is 23.2 Å². The monoisotopic (exact) mass is 502 g/mol. The molecule has 2 aromatic carbocycles. The van der Waals surface area contributed by atoms with Crippen molar-refractivity contribution in [2.24, 2.45) is 5.92 Å². The van der Waals surface area contributed by atoms with Gasteiger partial charge < -0.3 is 19.7 Å². The Labute approximate surface area is 207 Å². The van der Waals surface area contributed by atoms with E-state index in [-0.39, 0.29) is 12.5 Å². The van der Waals surface area contributed by atoms with Gasteiger partial charge in [0.05, 0.1) is 15.6 Å². The van der Waals surface area contributed by atoms with Gasteiger partial charge in [-0.1, -0.05) is 60.4 Å². The van der Waals surface area contributed by atoms with Crippen LogP contribution in [0.5, 0.6) is 5.75 Å². The molecular formula is C25H24Cl2N2O5. The van der Waals surface area contributed by atoms with Crippen molar-refractivity contribution in [3.63, 3.8) is 0 Å². The molecule has 1 aromatic heterocycles. The topological polar surface area (TPSA) is 102 Å². The van der Waals surface area contributed by atoms with Crippen molar-refractivity contribution in [2.45, 2.75) is 33.4 Å². The Morgan fingerprint density at radius 3 is 2.38 bits per heavy atom. The van der Waals surface area contributed by atoms with Crippen LogP contribution < -0.4 is 10.1 Å². The fraction of sp³-hybridized carbons (Fsp3) is 0.240. The molecule has 0 spiro atoms. The van der Waals surface area contributed by atoms with E-state index in [1.807, 2.05) is 0 Å². The highest BCUT2D eigenvalue weighted by Gasteiger charge is 2.22. The van der Waals surface area contributed by atoms with Crippen LogP contribution in [0.25, 0.3) is 17.3 Å². The number of nitrogens with one attached hydrogen (secondary N) is 1. The lowest BCUT2D eigenvalue weighted by atomic mass is 10.0. The molecule has 1 unspecified atom stereocenters. The van der Waals surface area contributed by atoms with E-state index in [2.05, 4.69) is 10.5 Å². The van der Waals surface area contributed by atoms with E-state index in [4.69, 9.17) is 32.5 Å². The van der Waals surface area contributed by atoms with Crippen LogP contribution in [0.3, 0.4) is 0 Å². The Morgan fingerprint density at radius 1 is 1.15 bits per heavy atom. The Hall–Kier alpha value is -3.29. The summed E-state index contributed by atoms with van der Waals surface area (Å²) in [4.78, 5) is 23.3. The Kier molecular flexibility index (Phi) is 8.36. The third kappa shape index (κ3) is 6.18. The van der Waals surface area contributed by atoms with Crippen molar-refractivity contribution in [3.8, 4) is 17.0 Å². The highest BCUT2D eigenvalue weighted by molar-refractivity contribution is 6.39. The van der Waals surface area contributed by atoms with Gasteiger partial charge in [0.25, 0.3) is 0 Å². The molecule has 0 bridgehead atoms. The van der Waals surface area contributed by atoms with E-state index >= 15 is 0 Å². The third-order valence-electron chi connectivity index (χ3n) is 5.11. The highest BCUT2D eigenvalue weighted by atomic mass is 35.5. The molecule has 0 aliphatic carbocycles. The summed E-state index contributed by atoms with van der Waals surface area (Å²) in [6.45, 7) is 5.44. The van der Waals surface area contributed by atoms with Gasteiger partial charge in [0, 0.05) is 11.6 Å². The lowest BCUT2D eigenvalue weighted by molar-refractivity contribution is -0.142. The Morgan fingerprint density at radius 2 is 1.79 bits per heavy atom. The molecule has 0 radical (unpaired) electrons. The number of rotatable bonds is 9. The molecule has 3 rings (SSSR count). The predicted octanol–water partition coefficient (Wildman–Crippen LogP) is 5.77. The van der Waals surface area contributed by atoms with Crippen LogP contribution in [-0.4, -0.2) is 28.2 Å². The van der Waals surface area contributed by atoms with Gasteiger partial charge in [-0.2, -0.15) is 0 Å². The summed E-state index contributed by atoms with van der Waals surface area (Å²) in [5, 5.41) is 16.7. The molecular weight excluding hydrogens is 479 g/mol. The highest BCUT2D eigenvalue weighted by Crippen LogP contribution is 2.37. The smallest absolute Gasteiger partial charge is 0.326 e. The normalized spacial score (nSPS) is 12.2. The minimum atomic E-state index is -1.07. The summed E-state index contributed by atoms with van der Waals surface area (Å²) < 4.78 is 11.3. The zero-order valence-corrected chi connectivity index (χ0v) is 20.4. The number of carboxylic acid groups (broad SMARTS) is 1. The summed E-state index contributed by atoms with van der Waals surface area (Å²) in [6, 6.07) is 11.4. The molecule has 1 heterocycles. The van der Waals surface area contributed by atoms with Crippen molar-refractivity contribution in [1.29, 1.82) is 0 Å². The minimum absolute atomic E-state index is 0.190. The molecule has 9 heteroatoms. The van der Waals surface area contributed by atoms with Gasteiger partial charge in [0.2, 0.25) is 5.91 Å². The molecule has 178 valence electrons. The number of halogens is 2. The second-order valence-electron chi connectivity index (χ2n) is 7.92. The molecule has 0 saturated heterocycles. The lowest BCUT2D eigenvalue weighted by Gasteiger charge is -2.16. The van der Waals surface area contributed by atoms with Gasteiger partial charge in [-0.3, -0.25) is 4.79 Å². The van der Waals surface area contributed by atoms with Gasteiger partial charge in [0.15, 0.2) is 0 Å². The van der Waals surface area contributed by atoms with Crippen LogP contribution in [-0.2, 0) is 16.2 Å². The number of aliphatic carboxylic acids is 1. The number of carboxylic acids is 1. The number of nitrogens with zero attached hydrogens (tertiary/aromatic N) is 1. The number of carbonyl (C=O) groups excluding carboxylic acids is 1. The number of benzene rings is 2. The lowest BCUT2D eigenvalue weighted by Crippen LogP contribution is -2.43. The van der Waals surface area contributed by atoms with Crippen LogP contribution in [0.2, 0.25) is 10.0 Å². The van der Waals surface area contributed by atoms with E-state index in [9.17, 15) is 14.7 Å². The largest absolute Gasteiger partial charge is 0.489 e. The van der Waals surface area contributed by atoms with E-state index in [1.165, 1.54) is 6.08 Å². The van der Waals surface area contributed by atoms with Gasteiger partial charge in [-0.25, -0.2) is 4.79 Å². The first kappa shape index (κ1) is 25.3. The van der Waals surface area contributed by atoms with Gasteiger partial charge in [0.1, 0.15) is 29.9 Å². The zero-order chi connectivity index (χ0) is 24.8. The first-order valence-corrected chi connectivity index (χ1v) is 11.3. The molecule has 1 amide bonds. The Balaban J connectivity index is 1.66. The van der Waals surface area contributed by atoms with Crippen molar-refractivity contribution >= 4 is 41.2 Å². The van der Waals surface area contributed by atoms with Crippen LogP contribution in [0.4, 0.5) is 0 Å². The maximum absolute atomic E-state index is 12.0. The number of amides is 1. The number of ether oxygens (including phenoxy) is 1. The molecule has 0 aliphatic rings. The summed E-state index contributed by atoms with van der Waals surface area (Å²) in [5.41, 5.74) is 2.60.